The van der Waals surface area contributed by atoms with Gasteiger partial charge in [-0.15, -0.1) is 11.3 Å². The molecule has 24 heavy (non-hydrogen) atoms. The van der Waals surface area contributed by atoms with E-state index in [0.717, 1.165) is 11.1 Å². The first kappa shape index (κ1) is 18.2. The highest BCUT2D eigenvalue weighted by Gasteiger charge is 2.20. The number of carboxylic acid groups (broad SMARTS) is 1. The van der Waals surface area contributed by atoms with Crippen LogP contribution in [-0.4, -0.2) is 35.5 Å². The maximum absolute atomic E-state index is 12.9. The van der Waals surface area contributed by atoms with Crippen LogP contribution < -0.4 is 0 Å². The number of hydrogen-bond acceptors (Lipinski definition) is 4. The Balaban J connectivity index is 2.15. The number of nitrogens with zero attached hydrogens (tertiary/aromatic N) is 1. The Morgan fingerprint density at radius 2 is 1.96 bits per heavy atom. The number of carbonyl (C=O) groups excluding carboxylic acids is 1. The number of aliphatic carboxylic acids is 1. The van der Waals surface area contributed by atoms with Crippen molar-refractivity contribution in [1.82, 2.24) is 4.90 Å². The molecule has 5 nitrogen and oxygen atoms in total. The van der Waals surface area contributed by atoms with Crippen LogP contribution in [0.2, 0.25) is 0 Å². The third kappa shape index (κ3) is 5.18. The van der Waals surface area contributed by atoms with Crippen LogP contribution in [0.15, 0.2) is 41.8 Å². The number of ether oxygens (including phenoxy) is 1. The lowest BCUT2D eigenvalue weighted by molar-refractivity contribution is -0.137. The van der Waals surface area contributed by atoms with Crippen LogP contribution in [0.3, 0.4) is 0 Å². The van der Waals surface area contributed by atoms with E-state index in [1.54, 1.807) is 12.0 Å². The molecular formula is C18H21NO4S. The quantitative estimate of drug-likeness (QED) is 0.755. The second-order valence-corrected chi connectivity index (χ2v) is 6.33. The van der Waals surface area contributed by atoms with Crippen LogP contribution >= 0.6 is 11.3 Å². The van der Waals surface area contributed by atoms with E-state index in [0.29, 0.717) is 31.0 Å². The lowest BCUT2D eigenvalue weighted by Crippen LogP contribution is -2.32. The van der Waals surface area contributed by atoms with Crippen LogP contribution in [0.5, 0.6) is 0 Å². The van der Waals surface area contributed by atoms with Crippen LogP contribution in [0.1, 0.15) is 33.6 Å². The van der Waals surface area contributed by atoms with E-state index in [-0.39, 0.29) is 12.3 Å². The second kappa shape index (κ2) is 9.20. The first-order valence-corrected chi connectivity index (χ1v) is 8.60. The summed E-state index contributed by atoms with van der Waals surface area (Å²) in [6.45, 7) is 1.26. The van der Waals surface area contributed by atoms with E-state index >= 15 is 0 Å². The number of thiophene rings is 1. The molecule has 0 aliphatic carbocycles. The number of hydrogen-bond donors (Lipinski definition) is 1. The van der Waals surface area contributed by atoms with E-state index in [4.69, 9.17) is 9.84 Å². The summed E-state index contributed by atoms with van der Waals surface area (Å²) in [7, 11) is 1.60. The van der Waals surface area contributed by atoms with Gasteiger partial charge in [-0.3, -0.25) is 9.59 Å². The Hall–Kier alpha value is -2.18. The monoisotopic (exact) mass is 347 g/mol. The average molecular weight is 347 g/mol. The molecule has 0 saturated carbocycles. The number of carbonyl (C=O) groups is 2. The summed E-state index contributed by atoms with van der Waals surface area (Å²) in [6.07, 6.45) is 0.479. The largest absolute Gasteiger partial charge is 0.481 e. The highest BCUT2D eigenvalue weighted by atomic mass is 32.1. The summed E-state index contributed by atoms with van der Waals surface area (Å²) in [5.41, 5.74) is 1.88. The molecule has 1 N–H and O–H groups in total. The van der Waals surface area contributed by atoms with Crippen molar-refractivity contribution in [3.8, 4) is 0 Å². The topological polar surface area (TPSA) is 66.8 Å². The van der Waals surface area contributed by atoms with E-state index in [9.17, 15) is 9.59 Å². The zero-order valence-corrected chi connectivity index (χ0v) is 14.4. The third-order valence-electron chi connectivity index (χ3n) is 3.56. The van der Waals surface area contributed by atoms with Crippen LogP contribution in [0.25, 0.3) is 0 Å². The lowest BCUT2D eigenvalue weighted by Gasteiger charge is -2.22. The van der Waals surface area contributed by atoms with Crippen molar-refractivity contribution in [1.29, 1.82) is 0 Å². The van der Waals surface area contributed by atoms with Gasteiger partial charge in [0.05, 0.1) is 11.5 Å². The molecule has 1 heterocycles. The molecule has 1 amide bonds. The first-order valence-electron chi connectivity index (χ1n) is 7.72. The molecule has 0 radical (unpaired) electrons. The molecule has 128 valence electrons. The van der Waals surface area contributed by atoms with Gasteiger partial charge in [-0.1, -0.05) is 30.3 Å². The summed E-state index contributed by atoms with van der Waals surface area (Å²) in [5, 5.41) is 10.7. The van der Waals surface area contributed by atoms with Gasteiger partial charge in [-0.2, -0.15) is 0 Å². The summed E-state index contributed by atoms with van der Waals surface area (Å²) >= 11 is 1.39. The Kier molecular flexibility index (Phi) is 6.96. The molecule has 1 aromatic carbocycles. The van der Waals surface area contributed by atoms with Gasteiger partial charge in [0.1, 0.15) is 0 Å². The predicted molar refractivity (Wildman–Crippen MR) is 93.1 cm³/mol. The summed E-state index contributed by atoms with van der Waals surface area (Å²) in [4.78, 5) is 26.0. The lowest BCUT2D eigenvalue weighted by atomic mass is 10.1. The molecular weight excluding hydrogens is 326 g/mol. The van der Waals surface area contributed by atoms with Gasteiger partial charge >= 0.3 is 5.97 Å². The summed E-state index contributed by atoms with van der Waals surface area (Å²) < 4.78 is 5.15. The van der Waals surface area contributed by atoms with E-state index < -0.39 is 5.97 Å². The van der Waals surface area contributed by atoms with Gasteiger partial charge in [0.25, 0.3) is 5.91 Å². The third-order valence-corrected chi connectivity index (χ3v) is 4.51. The molecule has 2 aromatic rings. The van der Waals surface area contributed by atoms with Crippen molar-refractivity contribution in [3.05, 3.63) is 57.8 Å². The fraction of sp³-hybridized carbons (Fsp3) is 0.333. The molecule has 0 atom stereocenters. The van der Waals surface area contributed by atoms with Gasteiger partial charge in [0.15, 0.2) is 0 Å². The van der Waals surface area contributed by atoms with Gasteiger partial charge in [0, 0.05) is 32.2 Å². The molecule has 0 aliphatic rings. The van der Waals surface area contributed by atoms with E-state index in [1.807, 2.05) is 41.8 Å². The van der Waals surface area contributed by atoms with E-state index in [2.05, 4.69) is 0 Å². The van der Waals surface area contributed by atoms with Crippen molar-refractivity contribution in [2.24, 2.45) is 0 Å². The Morgan fingerprint density at radius 3 is 2.62 bits per heavy atom. The second-order valence-electron chi connectivity index (χ2n) is 5.42. The molecule has 0 aliphatic heterocycles. The number of benzene rings is 1. The van der Waals surface area contributed by atoms with Crippen LogP contribution in [0, 0.1) is 0 Å². The van der Waals surface area contributed by atoms with Crippen molar-refractivity contribution in [2.75, 3.05) is 13.7 Å². The first-order chi connectivity index (χ1) is 11.6. The Labute approximate surface area is 145 Å². The highest BCUT2D eigenvalue weighted by Crippen LogP contribution is 2.21. The van der Waals surface area contributed by atoms with Crippen molar-refractivity contribution in [3.63, 3.8) is 0 Å². The molecule has 0 fully saturated rings. The molecule has 1 aromatic heterocycles. The standard InChI is InChI=1S/C18H21NO4S/c1-23-13-15-9-11-24-17(15)18(22)19(10-5-8-16(20)21)12-14-6-3-2-4-7-14/h2-4,6-7,9,11H,5,8,10,12-13H2,1H3,(H,20,21). The van der Waals surface area contributed by atoms with Gasteiger partial charge < -0.3 is 14.7 Å². The van der Waals surface area contributed by atoms with Crippen molar-refractivity contribution >= 4 is 23.2 Å². The number of carboxylic acids is 1. The maximum Gasteiger partial charge on any atom is 0.303 e. The minimum Gasteiger partial charge on any atom is -0.481 e. The van der Waals surface area contributed by atoms with Gasteiger partial charge in [0.2, 0.25) is 0 Å². The molecule has 0 spiro atoms. The number of amides is 1. The minimum absolute atomic E-state index is 0.0495. The zero-order valence-electron chi connectivity index (χ0n) is 13.6. The molecule has 0 bridgehead atoms. The number of rotatable bonds is 9. The van der Waals surface area contributed by atoms with Gasteiger partial charge in [-0.25, -0.2) is 0 Å². The smallest absolute Gasteiger partial charge is 0.303 e. The SMILES string of the molecule is COCc1ccsc1C(=O)N(CCCC(=O)O)Cc1ccccc1. The Morgan fingerprint density at radius 1 is 1.21 bits per heavy atom. The molecule has 0 unspecified atom stereocenters. The van der Waals surface area contributed by atoms with Crippen LogP contribution in [-0.2, 0) is 22.7 Å². The summed E-state index contributed by atoms with van der Waals surface area (Å²) in [6, 6.07) is 11.6. The average Bonchev–Trinajstić information content (AvgIpc) is 3.02. The molecule has 6 heteroatoms. The predicted octanol–water partition coefficient (Wildman–Crippen LogP) is 3.40. The normalized spacial score (nSPS) is 10.5. The Bertz CT molecular complexity index is 669. The number of methoxy groups -OCH3 is 1. The van der Waals surface area contributed by atoms with Crippen molar-refractivity contribution < 1.29 is 19.4 Å². The minimum atomic E-state index is -0.849. The zero-order chi connectivity index (χ0) is 17.4. The molecule has 0 saturated heterocycles. The van der Waals surface area contributed by atoms with Crippen LogP contribution in [0.4, 0.5) is 0 Å². The van der Waals surface area contributed by atoms with Gasteiger partial charge in [-0.05, 0) is 23.4 Å². The maximum atomic E-state index is 12.9. The van der Waals surface area contributed by atoms with Crippen molar-refractivity contribution in [2.45, 2.75) is 26.0 Å². The fourth-order valence-corrected chi connectivity index (χ4v) is 3.29. The molecule has 2 rings (SSSR count). The fourth-order valence-electron chi connectivity index (χ4n) is 2.41. The highest BCUT2D eigenvalue weighted by molar-refractivity contribution is 7.12. The van der Waals surface area contributed by atoms with E-state index in [1.165, 1.54) is 11.3 Å². The summed E-state index contributed by atoms with van der Waals surface area (Å²) in [5.74, 6) is -0.926.